The fourth-order valence-electron chi connectivity index (χ4n) is 4.69. The van der Waals surface area contributed by atoms with Crippen LogP contribution in [-0.2, 0) is 9.59 Å². The lowest BCUT2D eigenvalue weighted by atomic mass is 10.1. The quantitative estimate of drug-likeness (QED) is 0.0672. The molecular weight excluding hydrogens is 496 g/mol. The van der Waals surface area contributed by atoms with Gasteiger partial charge in [0.15, 0.2) is 0 Å². The second-order valence-electron chi connectivity index (χ2n) is 11.5. The van der Waals surface area contributed by atoms with Crippen LogP contribution in [0.2, 0.25) is 0 Å². The van der Waals surface area contributed by atoms with Gasteiger partial charge in [0, 0.05) is 12.8 Å². The van der Waals surface area contributed by atoms with Crippen LogP contribution in [0, 0.1) is 0 Å². The van der Waals surface area contributed by atoms with Gasteiger partial charge in [-0.3, -0.25) is 9.59 Å². The fraction of sp³-hybridized carbons (Fsp3) is 0.833. The topological polar surface area (TPSA) is 74.6 Å². The number of carboxylic acid groups (broad SMARTS) is 2. The van der Waals surface area contributed by atoms with Gasteiger partial charge in [-0.15, -0.1) is 0 Å². The number of hydrogen-bond donors (Lipinski definition) is 2. The van der Waals surface area contributed by atoms with Crippen LogP contribution >= 0.6 is 0 Å². The summed E-state index contributed by atoms with van der Waals surface area (Å²) in [6, 6.07) is 0. The van der Waals surface area contributed by atoms with Gasteiger partial charge in [-0.1, -0.05) is 141 Å². The Labute approximate surface area is 249 Å². The molecule has 0 saturated heterocycles. The van der Waals surface area contributed by atoms with E-state index in [1.807, 2.05) is 0 Å². The van der Waals surface area contributed by atoms with Crippen molar-refractivity contribution >= 4 is 11.9 Å². The Hall–Kier alpha value is -1.58. The van der Waals surface area contributed by atoms with E-state index in [0.717, 1.165) is 32.1 Å². The Morgan fingerprint density at radius 2 is 0.600 bits per heavy atom. The number of carbonyl (C=O) groups is 2. The van der Waals surface area contributed by atoms with E-state index in [0.29, 0.717) is 12.8 Å². The average Bonchev–Trinajstić information content (AvgIpc) is 2.93. The first-order valence-electron chi connectivity index (χ1n) is 17.3. The molecule has 0 radical (unpaired) electrons. The van der Waals surface area contributed by atoms with Gasteiger partial charge in [0.05, 0.1) is 0 Å². The first-order chi connectivity index (χ1) is 19.5. The highest BCUT2D eigenvalue weighted by Gasteiger charge is 1.97. The molecule has 0 aromatic carbocycles. The summed E-state index contributed by atoms with van der Waals surface area (Å²) in [4.78, 5) is 20.6. The van der Waals surface area contributed by atoms with Crippen molar-refractivity contribution < 1.29 is 19.8 Å². The predicted octanol–water partition coefficient (Wildman–Crippen LogP) is 12.2. The molecule has 0 spiro atoms. The largest absolute Gasteiger partial charge is 0.481 e. The van der Waals surface area contributed by atoms with Crippen molar-refractivity contribution in [2.24, 2.45) is 0 Å². The summed E-state index contributed by atoms with van der Waals surface area (Å²) in [6.07, 6.45) is 42.5. The number of aliphatic carboxylic acids is 2. The Bertz CT molecular complexity index is 567. The van der Waals surface area contributed by atoms with Crippen molar-refractivity contribution in [3.05, 3.63) is 24.3 Å². The van der Waals surface area contributed by atoms with Gasteiger partial charge in [0.25, 0.3) is 0 Å². The maximum absolute atomic E-state index is 10.3. The van der Waals surface area contributed by atoms with Crippen molar-refractivity contribution in [3.8, 4) is 0 Å². The van der Waals surface area contributed by atoms with Crippen molar-refractivity contribution in [2.75, 3.05) is 0 Å². The molecule has 0 aliphatic heterocycles. The van der Waals surface area contributed by atoms with Gasteiger partial charge in [-0.2, -0.15) is 0 Å². The third-order valence-electron chi connectivity index (χ3n) is 7.30. The second kappa shape index (κ2) is 37.4. The highest BCUT2D eigenvalue weighted by molar-refractivity contribution is 5.66. The van der Waals surface area contributed by atoms with Crippen LogP contribution < -0.4 is 0 Å². The van der Waals surface area contributed by atoms with Crippen molar-refractivity contribution in [2.45, 2.75) is 194 Å². The molecule has 0 saturated carbocycles. The third kappa shape index (κ3) is 43.5. The van der Waals surface area contributed by atoms with Crippen LogP contribution in [0.4, 0.5) is 0 Å². The molecule has 0 heterocycles. The summed E-state index contributed by atoms with van der Waals surface area (Å²) >= 11 is 0. The van der Waals surface area contributed by atoms with Crippen molar-refractivity contribution in [3.63, 3.8) is 0 Å². The minimum atomic E-state index is -0.677. The van der Waals surface area contributed by atoms with Gasteiger partial charge in [0.2, 0.25) is 0 Å². The van der Waals surface area contributed by atoms with E-state index in [2.05, 4.69) is 38.2 Å². The monoisotopic (exact) mass is 565 g/mol. The third-order valence-corrected chi connectivity index (χ3v) is 7.30. The van der Waals surface area contributed by atoms with E-state index in [-0.39, 0.29) is 0 Å². The first-order valence-corrected chi connectivity index (χ1v) is 17.3. The van der Waals surface area contributed by atoms with Crippen LogP contribution in [0.3, 0.4) is 0 Å². The standard InChI is InChI=1S/2C18H34O2/c2*1-2-3-4-5-6-7-8-9-10-11-12-13-14-15-16-17-18(19)20/h12-13H,2-11,14-17H2,1H3,(H,19,20);7-8H,2-6,9-17H2,1H3,(H,19,20)/b13-12-;8-7-. The molecule has 0 aliphatic carbocycles. The van der Waals surface area contributed by atoms with E-state index in [1.54, 1.807) is 0 Å². The van der Waals surface area contributed by atoms with Gasteiger partial charge >= 0.3 is 11.9 Å². The van der Waals surface area contributed by atoms with Gasteiger partial charge < -0.3 is 10.2 Å². The molecule has 0 amide bonds. The highest BCUT2D eigenvalue weighted by Crippen LogP contribution is 2.12. The lowest BCUT2D eigenvalue weighted by Gasteiger charge is -2.00. The summed E-state index contributed by atoms with van der Waals surface area (Å²) in [5.74, 6) is -1.34. The van der Waals surface area contributed by atoms with E-state index in [4.69, 9.17) is 10.2 Å². The Morgan fingerprint density at radius 1 is 0.375 bits per heavy atom. The average molecular weight is 565 g/mol. The molecule has 2 N–H and O–H groups in total. The zero-order valence-corrected chi connectivity index (χ0v) is 26.8. The Morgan fingerprint density at radius 3 is 0.925 bits per heavy atom. The first kappa shape index (κ1) is 40.6. The maximum Gasteiger partial charge on any atom is 0.303 e. The number of allylic oxidation sites excluding steroid dienone is 4. The zero-order chi connectivity index (χ0) is 29.8. The summed E-state index contributed by atoms with van der Waals surface area (Å²) in [6.45, 7) is 4.52. The summed E-state index contributed by atoms with van der Waals surface area (Å²) < 4.78 is 0. The molecule has 0 rings (SSSR count). The molecular formula is C36H68O4. The number of rotatable bonds is 30. The molecule has 4 nitrogen and oxygen atoms in total. The molecule has 0 aromatic heterocycles. The Balaban J connectivity index is 0. The molecule has 4 heteroatoms. The molecule has 0 aromatic rings. The van der Waals surface area contributed by atoms with Crippen LogP contribution in [0.15, 0.2) is 24.3 Å². The van der Waals surface area contributed by atoms with Gasteiger partial charge in [-0.25, -0.2) is 0 Å². The molecule has 0 unspecified atom stereocenters. The SMILES string of the molecule is CCCCCC/C=C\CCCCCCCCCC(=O)O.CCCCCCCCCCC/C=C\CCCCC(=O)O. The summed E-state index contributed by atoms with van der Waals surface area (Å²) in [5, 5.41) is 17.0. The zero-order valence-electron chi connectivity index (χ0n) is 26.8. The maximum atomic E-state index is 10.3. The van der Waals surface area contributed by atoms with E-state index in [9.17, 15) is 9.59 Å². The number of hydrogen-bond acceptors (Lipinski definition) is 2. The molecule has 0 bridgehead atoms. The van der Waals surface area contributed by atoms with Crippen LogP contribution in [0.1, 0.15) is 194 Å². The smallest absolute Gasteiger partial charge is 0.303 e. The van der Waals surface area contributed by atoms with Crippen LogP contribution in [0.5, 0.6) is 0 Å². The summed E-state index contributed by atoms with van der Waals surface area (Å²) in [5.41, 5.74) is 0. The number of carboxylic acids is 2. The minimum Gasteiger partial charge on any atom is -0.481 e. The lowest BCUT2D eigenvalue weighted by molar-refractivity contribution is -0.138. The molecule has 236 valence electrons. The van der Waals surface area contributed by atoms with Crippen molar-refractivity contribution in [1.29, 1.82) is 0 Å². The Kier molecular flexibility index (Phi) is 37.9. The fourth-order valence-corrected chi connectivity index (χ4v) is 4.69. The normalized spacial score (nSPS) is 11.2. The second-order valence-corrected chi connectivity index (χ2v) is 11.5. The molecule has 0 atom stereocenters. The summed E-state index contributed by atoms with van der Waals surface area (Å²) in [7, 11) is 0. The lowest BCUT2D eigenvalue weighted by Crippen LogP contribution is -1.93. The van der Waals surface area contributed by atoms with E-state index in [1.165, 1.54) is 135 Å². The van der Waals surface area contributed by atoms with E-state index < -0.39 is 11.9 Å². The van der Waals surface area contributed by atoms with Gasteiger partial charge in [-0.05, 0) is 64.2 Å². The highest BCUT2D eigenvalue weighted by atomic mass is 16.4. The molecule has 0 fully saturated rings. The van der Waals surface area contributed by atoms with Crippen LogP contribution in [0.25, 0.3) is 0 Å². The van der Waals surface area contributed by atoms with E-state index >= 15 is 0 Å². The molecule has 0 aliphatic rings. The van der Waals surface area contributed by atoms with Gasteiger partial charge in [0.1, 0.15) is 0 Å². The minimum absolute atomic E-state index is 0.312. The van der Waals surface area contributed by atoms with Crippen molar-refractivity contribution in [1.82, 2.24) is 0 Å². The predicted molar refractivity (Wildman–Crippen MR) is 174 cm³/mol. The van der Waals surface area contributed by atoms with Crippen LogP contribution in [-0.4, -0.2) is 22.2 Å². The number of unbranched alkanes of at least 4 members (excludes halogenated alkanes) is 22. The molecule has 40 heavy (non-hydrogen) atoms.